The number of nitriles is 1. The van der Waals surface area contributed by atoms with E-state index in [-0.39, 0.29) is 0 Å². The Morgan fingerprint density at radius 1 is 1.09 bits per heavy atom. The van der Waals surface area contributed by atoms with Crippen molar-refractivity contribution < 1.29 is 19.3 Å². The van der Waals surface area contributed by atoms with Gasteiger partial charge >= 0.3 is 0 Å². The van der Waals surface area contributed by atoms with Crippen molar-refractivity contribution in [1.29, 1.82) is 5.26 Å². The lowest BCUT2D eigenvalue weighted by atomic mass is 10.1. The summed E-state index contributed by atoms with van der Waals surface area (Å²) in [4.78, 5) is 0. The van der Waals surface area contributed by atoms with Crippen LogP contribution in [0.4, 0.5) is 0 Å². The molecule has 2 aromatic carbocycles. The predicted molar refractivity (Wildman–Crippen MR) is 85.7 cm³/mol. The lowest BCUT2D eigenvalue weighted by molar-refractivity contribution is 0.197. The van der Waals surface area contributed by atoms with E-state index in [0.29, 0.717) is 35.0 Å². The van der Waals surface area contributed by atoms with E-state index in [1.165, 1.54) is 14.2 Å². The molecule has 0 fully saturated rings. The van der Waals surface area contributed by atoms with Gasteiger partial charge in [-0.25, -0.2) is 0 Å². The summed E-state index contributed by atoms with van der Waals surface area (Å²) in [5.41, 5.74) is 2.21. The third kappa shape index (κ3) is 3.93. The van der Waals surface area contributed by atoms with Crippen LogP contribution in [0.15, 0.2) is 36.4 Å². The average molecular weight is 313 g/mol. The Bertz CT molecular complexity index is 677. The topological polar surface area (TPSA) is 71.7 Å². The van der Waals surface area contributed by atoms with E-state index in [1.54, 1.807) is 31.2 Å². The highest BCUT2D eigenvalue weighted by molar-refractivity contribution is 5.54. The normalized spacial score (nSPS) is 11.4. The molecule has 0 aromatic heterocycles. The van der Waals surface area contributed by atoms with Crippen LogP contribution in [-0.4, -0.2) is 19.3 Å². The van der Waals surface area contributed by atoms with Crippen LogP contribution in [0.1, 0.15) is 29.7 Å². The van der Waals surface area contributed by atoms with Gasteiger partial charge in [0.15, 0.2) is 11.5 Å². The standard InChI is InChI=1S/C18H19NO4/c1-12(20)15-8-16(21-2)18(17(9-15)22-3)23-11-14-6-4-13(10-19)5-7-14/h4-9,12,20H,11H2,1-3H3/t12-/m1/s1. The molecule has 0 aliphatic carbocycles. The lowest BCUT2D eigenvalue weighted by Gasteiger charge is -2.17. The summed E-state index contributed by atoms with van der Waals surface area (Å²) in [7, 11) is 3.07. The molecule has 0 amide bonds. The third-order valence-electron chi connectivity index (χ3n) is 3.43. The van der Waals surface area contributed by atoms with Crippen molar-refractivity contribution in [3.8, 4) is 23.3 Å². The second-order valence-corrected chi connectivity index (χ2v) is 5.03. The van der Waals surface area contributed by atoms with Gasteiger partial charge in [0.25, 0.3) is 0 Å². The Kier molecular flexibility index (Phi) is 5.45. The van der Waals surface area contributed by atoms with Crippen LogP contribution in [0.2, 0.25) is 0 Å². The highest BCUT2D eigenvalue weighted by Crippen LogP contribution is 2.40. The molecule has 0 radical (unpaired) electrons. The van der Waals surface area contributed by atoms with Crippen molar-refractivity contribution in [2.75, 3.05) is 14.2 Å². The number of rotatable bonds is 6. The van der Waals surface area contributed by atoms with E-state index in [0.717, 1.165) is 5.56 Å². The number of aliphatic hydroxyl groups excluding tert-OH is 1. The highest BCUT2D eigenvalue weighted by atomic mass is 16.5. The van der Waals surface area contributed by atoms with E-state index in [2.05, 4.69) is 6.07 Å². The molecule has 120 valence electrons. The van der Waals surface area contributed by atoms with Crippen LogP contribution >= 0.6 is 0 Å². The van der Waals surface area contributed by atoms with Crippen LogP contribution < -0.4 is 14.2 Å². The molecule has 0 bridgehead atoms. The van der Waals surface area contributed by atoms with Crippen LogP contribution in [0, 0.1) is 11.3 Å². The van der Waals surface area contributed by atoms with E-state index in [4.69, 9.17) is 19.5 Å². The number of hydrogen-bond acceptors (Lipinski definition) is 5. The minimum atomic E-state index is -0.634. The van der Waals surface area contributed by atoms with Crippen molar-refractivity contribution >= 4 is 0 Å². The molecule has 1 atom stereocenters. The summed E-state index contributed by atoms with van der Waals surface area (Å²) < 4.78 is 16.5. The second-order valence-electron chi connectivity index (χ2n) is 5.03. The summed E-state index contributed by atoms with van der Waals surface area (Å²) in [6, 6.07) is 12.7. The van der Waals surface area contributed by atoms with Crippen LogP contribution in [0.3, 0.4) is 0 Å². The van der Waals surface area contributed by atoms with Gasteiger partial charge in [-0.3, -0.25) is 0 Å². The maximum atomic E-state index is 9.73. The van der Waals surface area contributed by atoms with Crippen molar-refractivity contribution in [1.82, 2.24) is 0 Å². The zero-order valence-electron chi connectivity index (χ0n) is 13.4. The summed E-state index contributed by atoms with van der Waals surface area (Å²) in [6.45, 7) is 1.98. The zero-order chi connectivity index (χ0) is 16.8. The molecule has 0 saturated heterocycles. The molecule has 0 unspecified atom stereocenters. The first-order valence-electron chi connectivity index (χ1n) is 7.14. The van der Waals surface area contributed by atoms with E-state index >= 15 is 0 Å². The maximum Gasteiger partial charge on any atom is 0.203 e. The summed E-state index contributed by atoms with van der Waals surface area (Å²) in [5, 5.41) is 18.5. The Morgan fingerprint density at radius 2 is 1.65 bits per heavy atom. The third-order valence-corrected chi connectivity index (χ3v) is 3.43. The average Bonchev–Trinajstić information content (AvgIpc) is 2.59. The van der Waals surface area contributed by atoms with Gasteiger partial charge in [-0.05, 0) is 42.3 Å². The molecule has 5 heteroatoms. The Hall–Kier alpha value is -2.71. The Balaban J connectivity index is 2.25. The quantitative estimate of drug-likeness (QED) is 0.886. The first-order valence-corrected chi connectivity index (χ1v) is 7.14. The first kappa shape index (κ1) is 16.7. The number of benzene rings is 2. The molecule has 2 aromatic rings. The fourth-order valence-electron chi connectivity index (χ4n) is 2.11. The minimum Gasteiger partial charge on any atom is -0.493 e. The minimum absolute atomic E-state index is 0.312. The predicted octanol–water partition coefficient (Wildman–Crippen LogP) is 3.21. The van der Waals surface area contributed by atoms with E-state index < -0.39 is 6.10 Å². The first-order chi connectivity index (χ1) is 11.1. The fourth-order valence-corrected chi connectivity index (χ4v) is 2.11. The summed E-state index contributed by atoms with van der Waals surface area (Å²) >= 11 is 0. The molecule has 5 nitrogen and oxygen atoms in total. The Morgan fingerprint density at radius 3 is 2.09 bits per heavy atom. The largest absolute Gasteiger partial charge is 0.493 e. The van der Waals surface area contributed by atoms with Crippen molar-refractivity contribution in [2.45, 2.75) is 19.6 Å². The van der Waals surface area contributed by atoms with Crippen molar-refractivity contribution in [3.05, 3.63) is 53.1 Å². The van der Waals surface area contributed by atoms with E-state index in [1.807, 2.05) is 12.1 Å². The van der Waals surface area contributed by atoms with Gasteiger partial charge in [0, 0.05) is 0 Å². The molecular formula is C18H19NO4. The molecule has 0 heterocycles. The second kappa shape index (κ2) is 7.52. The number of ether oxygens (including phenoxy) is 3. The molecular weight excluding hydrogens is 294 g/mol. The van der Waals surface area contributed by atoms with Gasteiger partial charge in [0.1, 0.15) is 6.61 Å². The monoisotopic (exact) mass is 313 g/mol. The molecule has 0 saturated carbocycles. The smallest absolute Gasteiger partial charge is 0.203 e. The van der Waals surface area contributed by atoms with Gasteiger partial charge in [-0.2, -0.15) is 5.26 Å². The Labute approximate surface area is 135 Å². The lowest BCUT2D eigenvalue weighted by Crippen LogP contribution is -2.02. The molecule has 1 N–H and O–H groups in total. The number of methoxy groups -OCH3 is 2. The number of aliphatic hydroxyl groups is 1. The molecule has 0 aliphatic rings. The van der Waals surface area contributed by atoms with Gasteiger partial charge in [-0.1, -0.05) is 12.1 Å². The molecule has 23 heavy (non-hydrogen) atoms. The van der Waals surface area contributed by atoms with Gasteiger partial charge in [0.2, 0.25) is 5.75 Å². The van der Waals surface area contributed by atoms with Gasteiger partial charge in [0.05, 0.1) is 32.0 Å². The van der Waals surface area contributed by atoms with Gasteiger partial charge < -0.3 is 19.3 Å². The van der Waals surface area contributed by atoms with Gasteiger partial charge in [-0.15, -0.1) is 0 Å². The maximum absolute atomic E-state index is 9.73. The highest BCUT2D eigenvalue weighted by Gasteiger charge is 2.16. The summed E-state index contributed by atoms with van der Waals surface area (Å²) in [6.07, 6.45) is -0.634. The van der Waals surface area contributed by atoms with Crippen LogP contribution in [-0.2, 0) is 6.61 Å². The summed E-state index contributed by atoms with van der Waals surface area (Å²) in [5.74, 6) is 1.46. The SMILES string of the molecule is COc1cc([C@@H](C)O)cc(OC)c1OCc1ccc(C#N)cc1. The van der Waals surface area contributed by atoms with Crippen LogP contribution in [0.25, 0.3) is 0 Å². The molecule has 2 rings (SSSR count). The number of nitrogens with zero attached hydrogens (tertiary/aromatic N) is 1. The molecule has 0 aliphatic heterocycles. The fraction of sp³-hybridized carbons (Fsp3) is 0.278. The van der Waals surface area contributed by atoms with Crippen molar-refractivity contribution in [3.63, 3.8) is 0 Å². The zero-order valence-corrected chi connectivity index (χ0v) is 13.4. The molecule has 0 spiro atoms. The number of hydrogen-bond donors (Lipinski definition) is 1. The van der Waals surface area contributed by atoms with Crippen molar-refractivity contribution in [2.24, 2.45) is 0 Å². The van der Waals surface area contributed by atoms with E-state index in [9.17, 15) is 5.11 Å². The van der Waals surface area contributed by atoms with Crippen LogP contribution in [0.5, 0.6) is 17.2 Å².